The molecule has 3 aromatic carbocycles. The van der Waals surface area contributed by atoms with E-state index in [2.05, 4.69) is 15.8 Å². The molecule has 1 unspecified atom stereocenters. The summed E-state index contributed by atoms with van der Waals surface area (Å²) in [4.78, 5) is 53.2. The number of nitrogens with zero attached hydrogens (tertiary/aromatic N) is 6. The Hall–Kier alpha value is -5.99. The van der Waals surface area contributed by atoms with Crippen molar-refractivity contribution in [2.75, 3.05) is 32.8 Å². The number of benzene rings is 3. The standard InChI is InChI=1S/C50H55N6O11P/c1-48(2)45(42(54-21-9-12-39(54)57)34-27-31(52-7)16-19-37(34)63-48)61-24-25-62-68(60,66-46-43(55-22-10-13-40(55)58)33-26-30(29-51)15-18-36(33)64-49(46,3)4)67-47-44(56-23-11-14-41(56)59)35-28-32(53-8)17-20-38(35)65-50(47,5)6/h15-20,26-28,42-47H,9-14,21-25H2,1-6H3/t42-,43-,44-,45+,46+,47+,68?/m0/s1. The number of fused-ring (bicyclic) bond motifs is 3. The molecule has 0 aromatic heterocycles. The summed E-state index contributed by atoms with van der Waals surface area (Å²) in [6.45, 7) is 26.9. The molecule has 3 amide bonds. The van der Waals surface area contributed by atoms with Gasteiger partial charge in [0, 0.05) is 55.6 Å². The first-order valence-electron chi connectivity index (χ1n) is 23.1. The molecule has 0 saturated carbocycles. The van der Waals surface area contributed by atoms with E-state index in [4.69, 9.17) is 45.7 Å². The lowest BCUT2D eigenvalue weighted by molar-refractivity contribution is -0.153. The Labute approximate surface area is 396 Å². The van der Waals surface area contributed by atoms with Gasteiger partial charge >= 0.3 is 7.82 Å². The highest BCUT2D eigenvalue weighted by Crippen LogP contribution is 2.61. The van der Waals surface area contributed by atoms with Gasteiger partial charge in [-0.15, -0.1) is 0 Å². The van der Waals surface area contributed by atoms with Crippen LogP contribution in [0.5, 0.6) is 17.2 Å². The van der Waals surface area contributed by atoms with Gasteiger partial charge in [0.1, 0.15) is 52.4 Å². The van der Waals surface area contributed by atoms with E-state index in [1.165, 1.54) is 0 Å². The maximum absolute atomic E-state index is 16.2. The third-order valence-electron chi connectivity index (χ3n) is 13.8. The lowest BCUT2D eigenvalue weighted by Gasteiger charge is -2.50. The second-order valence-corrected chi connectivity index (χ2v) is 21.3. The number of carbonyl (C=O) groups excluding carboxylic acids is 3. The number of phosphoric ester groups is 1. The van der Waals surface area contributed by atoms with Crippen LogP contribution in [0.1, 0.15) is 120 Å². The van der Waals surface area contributed by atoms with Crippen LogP contribution in [0.4, 0.5) is 11.4 Å². The molecule has 7 atom stereocenters. The average molecular weight is 947 g/mol. The molecule has 3 aromatic rings. The number of likely N-dealkylation sites (tertiary alicyclic amines) is 3. The molecular formula is C50H55N6O11P. The molecule has 0 bridgehead atoms. The molecule has 6 aliphatic rings. The fraction of sp³-hybridized carbons (Fsp3) is 0.520. The van der Waals surface area contributed by atoms with E-state index < -0.39 is 61.1 Å². The highest BCUT2D eigenvalue weighted by molar-refractivity contribution is 7.48. The van der Waals surface area contributed by atoms with Crippen molar-refractivity contribution in [3.05, 3.63) is 99.7 Å². The summed E-state index contributed by atoms with van der Waals surface area (Å²) in [5.41, 5.74) is -0.931. The van der Waals surface area contributed by atoms with E-state index in [0.717, 1.165) is 0 Å². The summed E-state index contributed by atoms with van der Waals surface area (Å²) < 4.78 is 62.5. The predicted molar refractivity (Wildman–Crippen MR) is 245 cm³/mol. The number of hydrogen-bond acceptors (Lipinski definition) is 12. The third-order valence-corrected chi connectivity index (χ3v) is 15.3. The van der Waals surface area contributed by atoms with Crippen LogP contribution < -0.4 is 14.2 Å². The van der Waals surface area contributed by atoms with Crippen molar-refractivity contribution in [1.29, 1.82) is 5.26 Å². The topological polar surface area (TPSA) is 175 Å². The number of hydrogen-bond donors (Lipinski definition) is 0. The molecule has 3 saturated heterocycles. The van der Waals surface area contributed by atoms with E-state index in [1.807, 2.05) is 13.8 Å². The van der Waals surface area contributed by atoms with Crippen LogP contribution in [0.3, 0.4) is 0 Å². The second kappa shape index (κ2) is 17.8. The zero-order chi connectivity index (χ0) is 48.3. The SMILES string of the molecule is [C-]#[N+]c1ccc2c(c1)[C@H](N1CCCC1=O)[C@@H](OCCOP(=O)(O[C@@H]1[C@@H](N3CCCC3=O)c3cc(C#N)ccc3OC1(C)C)O[C@@H]1[C@@H](N3CCCC3=O)c3cc([N+]#[C-])ccc3OC1(C)C)C(C)(C)O2. The molecule has 18 heteroatoms. The van der Waals surface area contributed by atoms with Gasteiger partial charge in [-0.2, -0.15) is 5.26 Å². The fourth-order valence-corrected chi connectivity index (χ4v) is 12.5. The quantitative estimate of drug-likeness (QED) is 0.0960. The summed E-state index contributed by atoms with van der Waals surface area (Å²) in [5.74, 6) is 1.04. The highest BCUT2D eigenvalue weighted by Gasteiger charge is 2.57. The van der Waals surface area contributed by atoms with E-state index in [0.29, 0.717) is 96.2 Å². The molecule has 68 heavy (non-hydrogen) atoms. The van der Waals surface area contributed by atoms with Crippen molar-refractivity contribution in [3.63, 3.8) is 0 Å². The van der Waals surface area contributed by atoms with Crippen molar-refractivity contribution in [3.8, 4) is 23.3 Å². The molecule has 3 fully saturated rings. The summed E-state index contributed by atoms with van der Waals surface area (Å²) in [7, 11) is -4.95. The Balaban J connectivity index is 1.10. The first kappa shape index (κ1) is 47.1. The molecule has 0 spiro atoms. The van der Waals surface area contributed by atoms with Gasteiger partial charge in [-0.25, -0.2) is 14.3 Å². The van der Waals surface area contributed by atoms with Gasteiger partial charge < -0.3 is 33.6 Å². The van der Waals surface area contributed by atoms with Gasteiger partial charge in [0.05, 0.1) is 56.1 Å². The smallest absolute Gasteiger partial charge is 0.475 e. The minimum Gasteiger partial charge on any atom is -0.485 e. The largest absolute Gasteiger partial charge is 0.485 e. The minimum atomic E-state index is -4.95. The molecule has 0 N–H and O–H groups in total. The second-order valence-electron chi connectivity index (χ2n) is 19.7. The first-order valence-corrected chi connectivity index (χ1v) is 24.6. The van der Waals surface area contributed by atoms with Crippen molar-refractivity contribution >= 4 is 36.9 Å². The number of nitriles is 1. The van der Waals surface area contributed by atoms with Crippen LogP contribution in [-0.2, 0) is 37.3 Å². The molecular weight excluding hydrogens is 892 g/mol. The Kier molecular flexibility index (Phi) is 12.3. The van der Waals surface area contributed by atoms with Gasteiger partial charge in [-0.3, -0.25) is 28.0 Å². The molecule has 17 nitrogen and oxygen atoms in total. The van der Waals surface area contributed by atoms with Crippen LogP contribution in [0, 0.1) is 24.5 Å². The lowest BCUT2D eigenvalue weighted by Crippen LogP contribution is -2.56. The summed E-state index contributed by atoms with van der Waals surface area (Å²) >= 11 is 0. The van der Waals surface area contributed by atoms with Crippen LogP contribution in [0.2, 0.25) is 0 Å². The molecule has 6 heterocycles. The zero-order valence-corrected chi connectivity index (χ0v) is 40.0. The van der Waals surface area contributed by atoms with Crippen LogP contribution in [0.15, 0.2) is 54.6 Å². The normalized spacial score (nSPS) is 27.3. The van der Waals surface area contributed by atoms with Crippen LogP contribution >= 0.6 is 7.82 Å². The maximum atomic E-state index is 16.2. The van der Waals surface area contributed by atoms with E-state index in [-0.39, 0.29) is 43.8 Å². The highest BCUT2D eigenvalue weighted by atomic mass is 31.2. The van der Waals surface area contributed by atoms with Crippen molar-refractivity contribution in [2.45, 2.75) is 133 Å². The van der Waals surface area contributed by atoms with Gasteiger partial charge in [-0.05, 0) is 103 Å². The van der Waals surface area contributed by atoms with Gasteiger partial charge in [0.25, 0.3) is 0 Å². The minimum absolute atomic E-state index is 0.0525. The van der Waals surface area contributed by atoms with Gasteiger partial charge in [0.15, 0.2) is 11.4 Å². The summed E-state index contributed by atoms with van der Waals surface area (Å²) in [5, 5.41) is 9.98. The molecule has 9 rings (SSSR count). The first-order chi connectivity index (χ1) is 32.4. The third kappa shape index (κ3) is 8.59. The number of amides is 3. The summed E-state index contributed by atoms with van der Waals surface area (Å²) in [6.07, 6.45) is -0.498. The molecule has 0 radical (unpaired) electrons. The average Bonchev–Trinajstić information content (AvgIpc) is 4.05. The van der Waals surface area contributed by atoms with Gasteiger partial charge in [0.2, 0.25) is 17.7 Å². The van der Waals surface area contributed by atoms with Gasteiger partial charge in [-0.1, -0.05) is 12.1 Å². The van der Waals surface area contributed by atoms with Crippen molar-refractivity contribution in [1.82, 2.24) is 14.7 Å². The monoisotopic (exact) mass is 946 g/mol. The molecule has 356 valence electrons. The Morgan fingerprint density at radius 3 is 1.43 bits per heavy atom. The zero-order valence-electron chi connectivity index (χ0n) is 39.1. The number of ether oxygens (including phenoxy) is 4. The summed E-state index contributed by atoms with van der Waals surface area (Å²) in [6, 6.07) is 14.8. The predicted octanol–water partition coefficient (Wildman–Crippen LogP) is 8.84. The number of carbonyl (C=O) groups is 3. The number of rotatable bonds is 12. The van der Waals surface area contributed by atoms with E-state index >= 15 is 4.57 Å². The Bertz CT molecular complexity index is 2600. The van der Waals surface area contributed by atoms with E-state index in [9.17, 15) is 19.6 Å². The van der Waals surface area contributed by atoms with Crippen LogP contribution in [0.25, 0.3) is 9.69 Å². The molecule has 0 aliphatic carbocycles. The van der Waals surface area contributed by atoms with E-state index in [1.54, 1.807) is 97.0 Å². The van der Waals surface area contributed by atoms with Crippen LogP contribution in [-0.4, -0.2) is 100 Å². The Morgan fingerprint density at radius 2 is 1.03 bits per heavy atom. The fourth-order valence-electron chi connectivity index (χ4n) is 10.7. The molecule has 6 aliphatic heterocycles. The number of phosphoric acid groups is 1. The maximum Gasteiger partial charge on any atom is 0.475 e. The Morgan fingerprint density at radius 1 is 0.632 bits per heavy atom. The van der Waals surface area contributed by atoms with Crippen molar-refractivity contribution < 1.29 is 51.5 Å². The lowest BCUT2D eigenvalue weighted by atomic mass is 9.85. The van der Waals surface area contributed by atoms with Crippen molar-refractivity contribution in [2.24, 2.45) is 0 Å².